The average molecular weight is 570 g/mol. The molecule has 41 heavy (non-hydrogen) atoms. The molecule has 0 spiro atoms. The molecule has 0 aliphatic heterocycles. The molecule has 4 rings (SSSR count). The molecule has 2 unspecified atom stereocenters. The van der Waals surface area contributed by atoms with E-state index in [1.165, 1.54) is 0 Å². The number of benzene rings is 3. The maximum absolute atomic E-state index is 13.0. The second-order valence-electron chi connectivity index (χ2n) is 9.92. The van der Waals surface area contributed by atoms with Gasteiger partial charge in [-0.05, 0) is 34.9 Å². The minimum absolute atomic E-state index is 0.0418. The lowest BCUT2D eigenvalue weighted by atomic mass is 9.98. The molecule has 0 saturated carbocycles. The van der Waals surface area contributed by atoms with Crippen LogP contribution in [0.1, 0.15) is 29.0 Å². The van der Waals surface area contributed by atoms with E-state index in [0.717, 1.165) is 27.8 Å². The Morgan fingerprint density at radius 1 is 0.878 bits per heavy atom. The van der Waals surface area contributed by atoms with Crippen LogP contribution in [0.3, 0.4) is 0 Å². The number of nitrogens with zero attached hydrogens (tertiary/aromatic N) is 1. The molecule has 3 aromatic rings. The van der Waals surface area contributed by atoms with E-state index < -0.39 is 42.7 Å². The van der Waals surface area contributed by atoms with Crippen LogP contribution >= 0.6 is 0 Å². The van der Waals surface area contributed by atoms with Crippen LogP contribution in [0.2, 0.25) is 0 Å². The van der Waals surface area contributed by atoms with Crippen LogP contribution in [-0.2, 0) is 20.9 Å². The monoisotopic (exact) mass is 569 g/mol. The molecule has 11 heteroatoms. The summed E-state index contributed by atoms with van der Waals surface area (Å²) in [5.74, 6) is -3.16. The number of carboxylic acid groups (broad SMARTS) is 1. The molecule has 0 aromatic heterocycles. The fourth-order valence-electron chi connectivity index (χ4n) is 4.95. The van der Waals surface area contributed by atoms with Crippen LogP contribution in [0.5, 0.6) is 0 Å². The number of aliphatic carboxylic acids is 1. The Hall–Kier alpha value is -4.38. The average Bonchev–Trinajstić information content (AvgIpc) is 3.24. The van der Waals surface area contributed by atoms with E-state index in [2.05, 4.69) is 5.32 Å². The van der Waals surface area contributed by atoms with E-state index in [0.29, 0.717) is 6.54 Å². The number of alkyl carbamates (subject to hydrolysis) is 1. The van der Waals surface area contributed by atoms with Crippen LogP contribution in [-0.4, -0.2) is 66.4 Å². The van der Waals surface area contributed by atoms with Crippen molar-refractivity contribution < 1.29 is 37.4 Å². The van der Waals surface area contributed by atoms with E-state index in [9.17, 15) is 32.7 Å². The molecule has 2 amide bonds. The van der Waals surface area contributed by atoms with Crippen LogP contribution in [0, 0.1) is 0 Å². The number of hydrogen-bond acceptors (Lipinski definition) is 5. The standard InChI is InChI=1S/C30H30F3N3O5/c1-36(16-19-9-3-2-4-10-19)17-26(27(37)34-25(28(38)39)15-30(31,32)33)35-29(40)41-18-24-22-13-7-5-11-20(22)21-12-6-8-14-23(21)24/h2-14,24-26H,15-18H2,1H3,(H,34,37)(H,35,40)(H,38,39). The third-order valence-electron chi connectivity index (χ3n) is 6.79. The van der Waals surface area contributed by atoms with Gasteiger partial charge in [0, 0.05) is 19.0 Å². The van der Waals surface area contributed by atoms with Crippen molar-refractivity contribution in [3.05, 3.63) is 95.6 Å². The van der Waals surface area contributed by atoms with Gasteiger partial charge in [0.25, 0.3) is 0 Å². The molecule has 3 aromatic carbocycles. The fraction of sp³-hybridized carbons (Fsp3) is 0.300. The highest BCUT2D eigenvalue weighted by atomic mass is 19.4. The summed E-state index contributed by atoms with van der Waals surface area (Å²) in [7, 11) is 1.66. The van der Waals surface area contributed by atoms with Crippen molar-refractivity contribution in [1.29, 1.82) is 0 Å². The van der Waals surface area contributed by atoms with Crippen molar-refractivity contribution in [3.8, 4) is 11.1 Å². The highest BCUT2D eigenvalue weighted by molar-refractivity contribution is 5.89. The molecular formula is C30H30F3N3O5. The molecule has 8 nitrogen and oxygen atoms in total. The topological polar surface area (TPSA) is 108 Å². The molecular weight excluding hydrogens is 539 g/mol. The highest BCUT2D eigenvalue weighted by Gasteiger charge is 2.38. The van der Waals surface area contributed by atoms with Gasteiger partial charge >= 0.3 is 18.2 Å². The number of ether oxygens (including phenoxy) is 1. The maximum atomic E-state index is 13.0. The van der Waals surface area contributed by atoms with Gasteiger partial charge in [-0.15, -0.1) is 0 Å². The van der Waals surface area contributed by atoms with Crippen molar-refractivity contribution in [1.82, 2.24) is 15.5 Å². The molecule has 0 heterocycles. The van der Waals surface area contributed by atoms with Crippen molar-refractivity contribution in [3.63, 3.8) is 0 Å². The lowest BCUT2D eigenvalue weighted by molar-refractivity contribution is -0.160. The predicted molar refractivity (Wildman–Crippen MR) is 145 cm³/mol. The Morgan fingerprint density at radius 2 is 1.44 bits per heavy atom. The quantitative estimate of drug-likeness (QED) is 0.313. The number of hydrogen-bond donors (Lipinski definition) is 3. The smallest absolute Gasteiger partial charge is 0.407 e. The van der Waals surface area contributed by atoms with Crippen molar-refractivity contribution in [2.45, 2.75) is 37.1 Å². The summed E-state index contributed by atoms with van der Waals surface area (Å²) < 4.78 is 44.3. The van der Waals surface area contributed by atoms with Crippen LogP contribution in [0.25, 0.3) is 11.1 Å². The summed E-state index contributed by atoms with van der Waals surface area (Å²) in [4.78, 5) is 39.0. The van der Waals surface area contributed by atoms with Gasteiger partial charge in [0.1, 0.15) is 18.7 Å². The zero-order valence-electron chi connectivity index (χ0n) is 22.2. The van der Waals surface area contributed by atoms with Crippen molar-refractivity contribution in [2.75, 3.05) is 20.2 Å². The molecule has 1 aliphatic carbocycles. The van der Waals surface area contributed by atoms with E-state index in [4.69, 9.17) is 4.74 Å². The number of carbonyl (C=O) groups excluding carboxylic acids is 2. The summed E-state index contributed by atoms with van der Waals surface area (Å²) >= 11 is 0. The van der Waals surface area contributed by atoms with Gasteiger partial charge in [0.2, 0.25) is 5.91 Å². The lowest BCUT2D eigenvalue weighted by Crippen LogP contribution is -2.56. The number of alkyl halides is 3. The number of amides is 2. The number of carboxylic acids is 1. The van der Waals surface area contributed by atoms with Gasteiger partial charge in [-0.1, -0.05) is 78.9 Å². The van der Waals surface area contributed by atoms with Crippen molar-refractivity contribution in [2.24, 2.45) is 0 Å². The first kappa shape index (κ1) is 29.6. The Morgan fingerprint density at radius 3 is 2.00 bits per heavy atom. The Bertz CT molecular complexity index is 1340. The lowest BCUT2D eigenvalue weighted by Gasteiger charge is -2.26. The van der Waals surface area contributed by atoms with E-state index in [-0.39, 0.29) is 19.1 Å². The number of nitrogens with one attached hydrogen (secondary N) is 2. The van der Waals surface area contributed by atoms with E-state index in [1.54, 1.807) is 11.9 Å². The minimum atomic E-state index is -4.82. The van der Waals surface area contributed by atoms with Crippen LogP contribution < -0.4 is 10.6 Å². The highest BCUT2D eigenvalue weighted by Crippen LogP contribution is 2.44. The second kappa shape index (κ2) is 12.9. The molecule has 3 N–H and O–H groups in total. The number of likely N-dealkylation sites (N-methyl/N-ethyl adjacent to an activating group) is 1. The molecule has 0 radical (unpaired) electrons. The van der Waals surface area contributed by atoms with Gasteiger partial charge in [-0.3, -0.25) is 9.69 Å². The van der Waals surface area contributed by atoms with Gasteiger partial charge < -0.3 is 20.5 Å². The zero-order valence-corrected chi connectivity index (χ0v) is 22.2. The number of halogens is 3. The maximum Gasteiger partial charge on any atom is 0.407 e. The second-order valence-corrected chi connectivity index (χ2v) is 9.92. The molecule has 1 aliphatic rings. The zero-order chi connectivity index (χ0) is 29.6. The van der Waals surface area contributed by atoms with Gasteiger partial charge in [0.15, 0.2) is 0 Å². The predicted octanol–water partition coefficient (Wildman–Crippen LogP) is 4.55. The molecule has 0 fully saturated rings. The normalized spacial score (nSPS) is 14.1. The number of carbonyl (C=O) groups is 3. The molecule has 0 bridgehead atoms. The number of rotatable bonds is 11. The first-order valence-corrected chi connectivity index (χ1v) is 13.0. The van der Waals surface area contributed by atoms with Gasteiger partial charge in [-0.25, -0.2) is 9.59 Å². The van der Waals surface area contributed by atoms with E-state index >= 15 is 0 Å². The molecule has 0 saturated heterocycles. The summed E-state index contributed by atoms with van der Waals surface area (Å²) in [6.45, 7) is 0.199. The molecule has 216 valence electrons. The Balaban J connectivity index is 1.46. The first-order chi connectivity index (χ1) is 19.5. The van der Waals surface area contributed by atoms with E-state index in [1.807, 2.05) is 84.2 Å². The Labute approximate surface area is 235 Å². The molecule has 2 atom stereocenters. The first-order valence-electron chi connectivity index (χ1n) is 13.0. The van der Waals surface area contributed by atoms with Crippen molar-refractivity contribution >= 4 is 18.0 Å². The SMILES string of the molecule is CN(Cc1ccccc1)CC(NC(=O)OCC1c2ccccc2-c2ccccc21)C(=O)NC(CC(F)(F)F)C(=O)O. The number of fused-ring (bicyclic) bond motifs is 3. The Kier molecular flexibility index (Phi) is 9.28. The summed E-state index contributed by atoms with van der Waals surface area (Å²) in [6.07, 6.45) is -7.54. The summed E-state index contributed by atoms with van der Waals surface area (Å²) in [5, 5.41) is 13.6. The third-order valence-corrected chi connectivity index (χ3v) is 6.79. The van der Waals surface area contributed by atoms with Gasteiger partial charge in [0.05, 0.1) is 6.42 Å². The van der Waals surface area contributed by atoms with Crippen LogP contribution in [0.15, 0.2) is 78.9 Å². The third kappa shape index (κ3) is 7.85. The van der Waals surface area contributed by atoms with Gasteiger partial charge in [-0.2, -0.15) is 13.2 Å². The summed E-state index contributed by atoms with van der Waals surface area (Å²) in [5.41, 5.74) is 4.92. The minimum Gasteiger partial charge on any atom is -0.480 e. The fourth-order valence-corrected chi connectivity index (χ4v) is 4.95. The largest absolute Gasteiger partial charge is 0.480 e. The van der Waals surface area contributed by atoms with Crippen LogP contribution in [0.4, 0.5) is 18.0 Å². The summed E-state index contributed by atoms with van der Waals surface area (Å²) in [6, 6.07) is 21.1.